The van der Waals surface area contributed by atoms with E-state index in [9.17, 15) is 19.8 Å². The van der Waals surface area contributed by atoms with Crippen molar-refractivity contribution in [1.29, 1.82) is 0 Å². The van der Waals surface area contributed by atoms with Crippen molar-refractivity contribution in [3.63, 3.8) is 0 Å². The van der Waals surface area contributed by atoms with Crippen LogP contribution in [0.15, 0.2) is 66.2 Å². The number of ketones is 1. The third kappa shape index (κ3) is 5.27. The molecule has 3 aromatic carbocycles. The number of carbonyl (C=O) groups excluding carboxylic acids is 2. The molecule has 4 rings (SSSR count). The first-order chi connectivity index (χ1) is 18.7. The third-order valence-electron chi connectivity index (χ3n) is 6.58. The lowest BCUT2D eigenvalue weighted by Crippen LogP contribution is -2.29. The quantitative estimate of drug-likeness (QED) is 0.200. The number of aromatic hydroxyl groups is 1. The smallest absolute Gasteiger partial charge is 0.300 e. The van der Waals surface area contributed by atoms with Gasteiger partial charge in [0.2, 0.25) is 0 Å². The van der Waals surface area contributed by atoms with E-state index in [1.807, 2.05) is 20.8 Å². The molecule has 2 N–H and O–H groups in total. The topological polar surface area (TPSA) is 106 Å². The minimum Gasteiger partial charge on any atom is -0.507 e. The first kappa shape index (κ1) is 27.6. The fourth-order valence-electron chi connectivity index (χ4n) is 4.76. The van der Waals surface area contributed by atoms with Crippen LogP contribution in [0.3, 0.4) is 0 Å². The third-order valence-corrected chi connectivity index (χ3v) is 6.58. The van der Waals surface area contributed by atoms with E-state index in [0.717, 1.165) is 5.56 Å². The second-order valence-electron chi connectivity index (χ2n) is 9.37. The highest BCUT2D eigenvalue weighted by atomic mass is 16.5. The molecule has 0 aliphatic carbocycles. The highest BCUT2D eigenvalue weighted by Gasteiger charge is 2.47. The van der Waals surface area contributed by atoms with Crippen LogP contribution in [0.5, 0.6) is 23.0 Å². The summed E-state index contributed by atoms with van der Waals surface area (Å²) in [5.41, 5.74) is 2.07. The van der Waals surface area contributed by atoms with Crippen LogP contribution in [0.25, 0.3) is 5.76 Å². The molecule has 39 heavy (non-hydrogen) atoms. The molecule has 1 aliphatic heterocycles. The van der Waals surface area contributed by atoms with Crippen molar-refractivity contribution in [1.82, 2.24) is 0 Å². The monoisotopic (exact) mass is 531 g/mol. The van der Waals surface area contributed by atoms with E-state index in [-0.39, 0.29) is 28.7 Å². The van der Waals surface area contributed by atoms with Crippen molar-refractivity contribution in [2.24, 2.45) is 0 Å². The second-order valence-corrected chi connectivity index (χ2v) is 9.37. The SMILES string of the molecule is CCOc1cccc(N2C(=O)C(=O)/C(=C(/O)c3ccc(OC)c(C(C)C)c3)C2c2ccc(O)c(OCC)c2)c1. The molecule has 1 fully saturated rings. The molecule has 0 radical (unpaired) electrons. The lowest BCUT2D eigenvalue weighted by Gasteiger charge is -2.26. The second kappa shape index (κ2) is 11.5. The average molecular weight is 532 g/mol. The van der Waals surface area contributed by atoms with Gasteiger partial charge in [-0.25, -0.2) is 0 Å². The Bertz CT molecular complexity index is 1430. The van der Waals surface area contributed by atoms with Gasteiger partial charge in [0.15, 0.2) is 11.5 Å². The van der Waals surface area contributed by atoms with Crippen LogP contribution in [-0.4, -0.2) is 42.2 Å². The number of methoxy groups -OCH3 is 1. The molecule has 1 amide bonds. The number of hydrogen-bond acceptors (Lipinski definition) is 7. The Hall–Kier alpha value is -4.46. The van der Waals surface area contributed by atoms with Crippen LogP contribution in [-0.2, 0) is 9.59 Å². The zero-order valence-electron chi connectivity index (χ0n) is 22.7. The minimum absolute atomic E-state index is 0.0742. The van der Waals surface area contributed by atoms with Gasteiger partial charge >= 0.3 is 0 Å². The highest BCUT2D eigenvalue weighted by molar-refractivity contribution is 6.51. The molecule has 0 aromatic heterocycles. The molecule has 1 unspecified atom stereocenters. The van der Waals surface area contributed by atoms with Gasteiger partial charge in [-0.1, -0.05) is 26.0 Å². The van der Waals surface area contributed by atoms with Crippen LogP contribution in [0.4, 0.5) is 5.69 Å². The lowest BCUT2D eigenvalue weighted by molar-refractivity contribution is -0.132. The van der Waals surface area contributed by atoms with E-state index in [1.165, 1.54) is 11.0 Å². The van der Waals surface area contributed by atoms with Crippen LogP contribution in [0.1, 0.15) is 56.3 Å². The standard InChI is InChI=1S/C31H33NO7/c1-6-38-22-10-8-9-21(17-22)32-28(19-11-13-24(33)26(16-19)39-7-2)27(30(35)31(32)36)29(34)20-12-14-25(37-5)23(15-20)18(3)4/h8-18,28,33-34H,6-7H2,1-5H3/b29-27+. The summed E-state index contributed by atoms with van der Waals surface area (Å²) in [5, 5.41) is 21.9. The number of rotatable bonds is 9. The number of amides is 1. The van der Waals surface area contributed by atoms with Gasteiger partial charge in [-0.05, 0) is 73.4 Å². The Balaban J connectivity index is 1.96. The number of aliphatic hydroxyl groups excluding tert-OH is 1. The van der Waals surface area contributed by atoms with Gasteiger partial charge in [-0.3, -0.25) is 14.5 Å². The molecule has 1 saturated heterocycles. The summed E-state index contributed by atoms with van der Waals surface area (Å²) in [4.78, 5) is 28.5. The van der Waals surface area contributed by atoms with Gasteiger partial charge in [0, 0.05) is 17.3 Å². The maximum atomic E-state index is 13.6. The fourth-order valence-corrected chi connectivity index (χ4v) is 4.76. The molecular formula is C31H33NO7. The number of benzene rings is 3. The summed E-state index contributed by atoms with van der Waals surface area (Å²) in [5.74, 6) is -0.524. The lowest BCUT2D eigenvalue weighted by atomic mass is 9.93. The van der Waals surface area contributed by atoms with E-state index in [2.05, 4.69) is 0 Å². The highest BCUT2D eigenvalue weighted by Crippen LogP contribution is 2.45. The first-order valence-electron chi connectivity index (χ1n) is 12.9. The van der Waals surface area contributed by atoms with Crippen molar-refractivity contribution in [3.05, 3.63) is 82.9 Å². The number of hydrogen-bond donors (Lipinski definition) is 2. The van der Waals surface area contributed by atoms with E-state index in [0.29, 0.717) is 41.5 Å². The summed E-state index contributed by atoms with van der Waals surface area (Å²) >= 11 is 0. The minimum atomic E-state index is -0.994. The van der Waals surface area contributed by atoms with Crippen molar-refractivity contribution in [2.45, 2.75) is 39.7 Å². The van der Waals surface area contributed by atoms with Gasteiger partial charge < -0.3 is 24.4 Å². The Morgan fingerprint density at radius 2 is 1.69 bits per heavy atom. The molecular weight excluding hydrogens is 498 g/mol. The van der Waals surface area contributed by atoms with E-state index >= 15 is 0 Å². The number of phenolic OH excluding ortho intramolecular Hbond substituents is 1. The zero-order chi connectivity index (χ0) is 28.3. The number of anilines is 1. The molecule has 1 atom stereocenters. The molecule has 8 nitrogen and oxygen atoms in total. The summed E-state index contributed by atoms with van der Waals surface area (Å²) < 4.78 is 16.7. The number of carbonyl (C=O) groups is 2. The molecule has 8 heteroatoms. The predicted molar refractivity (Wildman–Crippen MR) is 149 cm³/mol. The van der Waals surface area contributed by atoms with E-state index in [4.69, 9.17) is 14.2 Å². The number of aliphatic hydroxyl groups is 1. The van der Waals surface area contributed by atoms with Crippen LogP contribution >= 0.6 is 0 Å². The summed E-state index contributed by atoms with van der Waals surface area (Å²) in [7, 11) is 1.57. The normalized spacial score (nSPS) is 16.6. The van der Waals surface area contributed by atoms with Crippen molar-refractivity contribution in [2.75, 3.05) is 25.2 Å². The van der Waals surface area contributed by atoms with E-state index in [1.54, 1.807) is 68.6 Å². The van der Waals surface area contributed by atoms with Gasteiger partial charge in [-0.2, -0.15) is 0 Å². The predicted octanol–water partition coefficient (Wildman–Crippen LogP) is 5.95. The van der Waals surface area contributed by atoms with Gasteiger partial charge in [0.1, 0.15) is 17.3 Å². The van der Waals surface area contributed by atoms with Gasteiger partial charge in [0.25, 0.3) is 11.7 Å². The molecule has 0 bridgehead atoms. The molecule has 204 valence electrons. The molecule has 0 spiro atoms. The summed E-state index contributed by atoms with van der Waals surface area (Å²) in [6.45, 7) is 8.36. The Morgan fingerprint density at radius 1 is 0.949 bits per heavy atom. The number of phenols is 1. The van der Waals surface area contributed by atoms with Crippen molar-refractivity contribution in [3.8, 4) is 23.0 Å². The van der Waals surface area contributed by atoms with Crippen LogP contribution in [0.2, 0.25) is 0 Å². The summed E-state index contributed by atoms with van der Waals surface area (Å²) in [6.07, 6.45) is 0. The van der Waals surface area contributed by atoms with Crippen LogP contribution in [0, 0.1) is 0 Å². The van der Waals surface area contributed by atoms with Gasteiger partial charge in [-0.15, -0.1) is 0 Å². The largest absolute Gasteiger partial charge is 0.507 e. The Kier molecular flexibility index (Phi) is 8.14. The van der Waals surface area contributed by atoms with E-state index < -0.39 is 17.7 Å². The Labute approximate surface area is 228 Å². The average Bonchev–Trinajstić information content (AvgIpc) is 3.19. The molecule has 0 saturated carbocycles. The first-order valence-corrected chi connectivity index (χ1v) is 12.9. The Morgan fingerprint density at radius 3 is 2.36 bits per heavy atom. The summed E-state index contributed by atoms with van der Waals surface area (Å²) in [6, 6.07) is 15.7. The van der Waals surface area contributed by atoms with Crippen molar-refractivity contribution < 1.29 is 34.0 Å². The van der Waals surface area contributed by atoms with Crippen molar-refractivity contribution >= 4 is 23.1 Å². The number of Topliss-reactive ketones (excluding diaryl/α,β-unsaturated/α-hetero) is 1. The number of nitrogens with zero attached hydrogens (tertiary/aromatic N) is 1. The zero-order valence-corrected chi connectivity index (χ0v) is 22.7. The molecule has 1 heterocycles. The van der Waals surface area contributed by atoms with Gasteiger partial charge in [0.05, 0.1) is 31.9 Å². The molecule has 1 aliphatic rings. The fraction of sp³-hybridized carbons (Fsp3) is 0.290. The molecule has 3 aromatic rings. The van der Waals surface area contributed by atoms with Crippen LogP contribution < -0.4 is 19.1 Å². The number of ether oxygens (including phenoxy) is 3. The maximum Gasteiger partial charge on any atom is 0.300 e. The maximum absolute atomic E-state index is 13.6.